The number of aliphatic imine (C=N–C) groups is 1. The van der Waals surface area contributed by atoms with Crippen molar-refractivity contribution in [1.82, 2.24) is 14.1 Å². The minimum Gasteiger partial charge on any atom is -0.355 e. The number of sulfonamides is 1. The van der Waals surface area contributed by atoms with E-state index in [2.05, 4.69) is 14.8 Å². The van der Waals surface area contributed by atoms with Crippen LogP contribution in [0.4, 0.5) is 4.39 Å². The van der Waals surface area contributed by atoms with Crippen LogP contribution >= 0.6 is 0 Å². The fraction of sp³-hybridized carbons (Fsp3) is 0.652. The average Bonchev–Trinajstić information content (AvgIpc) is 3.05. The fourth-order valence-electron chi connectivity index (χ4n) is 5.53. The number of benzene rings is 1. The molecule has 0 aromatic heterocycles. The van der Waals surface area contributed by atoms with Gasteiger partial charge in [0.2, 0.25) is 16.2 Å². The number of likely N-dealkylation sites (tertiary alicyclic amines) is 1. The summed E-state index contributed by atoms with van der Waals surface area (Å²) in [7, 11) is -3.88. The van der Waals surface area contributed by atoms with Gasteiger partial charge in [0.1, 0.15) is 16.5 Å². The van der Waals surface area contributed by atoms with Crippen molar-refractivity contribution in [2.24, 2.45) is 10.9 Å². The largest absolute Gasteiger partial charge is 0.355 e. The van der Waals surface area contributed by atoms with Crippen molar-refractivity contribution >= 4 is 15.9 Å². The van der Waals surface area contributed by atoms with E-state index in [9.17, 15) is 18.1 Å². The molecule has 0 N–H and O–H groups in total. The maximum atomic E-state index is 14.1. The number of hydrogen-bond acceptors (Lipinski definition) is 5. The van der Waals surface area contributed by atoms with E-state index in [-0.39, 0.29) is 4.90 Å². The van der Waals surface area contributed by atoms with Crippen LogP contribution in [0.1, 0.15) is 44.9 Å². The van der Waals surface area contributed by atoms with Crippen LogP contribution in [0, 0.1) is 23.2 Å². The SMILES string of the molecule is N#CN=C(CN1CCCN(S(=O)(=O)c2ccccc2F)CC1)N1CCCC2CCCCC21. The molecule has 1 aliphatic carbocycles. The Morgan fingerprint density at radius 1 is 1.03 bits per heavy atom. The highest BCUT2D eigenvalue weighted by Crippen LogP contribution is 2.35. The molecule has 174 valence electrons. The van der Waals surface area contributed by atoms with Gasteiger partial charge in [-0.3, -0.25) is 4.90 Å². The molecule has 2 unspecified atom stereocenters. The van der Waals surface area contributed by atoms with E-state index in [4.69, 9.17) is 0 Å². The van der Waals surface area contributed by atoms with Crippen molar-refractivity contribution in [2.75, 3.05) is 39.3 Å². The van der Waals surface area contributed by atoms with E-state index in [1.54, 1.807) is 6.07 Å². The van der Waals surface area contributed by atoms with Crippen LogP contribution in [-0.4, -0.2) is 73.7 Å². The summed E-state index contributed by atoms with van der Waals surface area (Å²) in [4.78, 5) is 8.49. The molecule has 9 heteroatoms. The van der Waals surface area contributed by atoms with Crippen LogP contribution in [0.5, 0.6) is 0 Å². The molecule has 2 saturated heterocycles. The zero-order chi connectivity index (χ0) is 22.6. The van der Waals surface area contributed by atoms with Gasteiger partial charge in [-0.2, -0.15) is 14.6 Å². The Labute approximate surface area is 190 Å². The zero-order valence-electron chi connectivity index (χ0n) is 18.5. The quantitative estimate of drug-likeness (QED) is 0.391. The van der Waals surface area contributed by atoms with Gasteiger partial charge in [0.05, 0.1) is 6.54 Å². The van der Waals surface area contributed by atoms with Crippen LogP contribution < -0.4 is 0 Å². The summed E-state index contributed by atoms with van der Waals surface area (Å²) in [5, 5.41) is 9.34. The molecule has 2 aliphatic heterocycles. The minimum atomic E-state index is -3.88. The Morgan fingerprint density at radius 3 is 2.62 bits per heavy atom. The van der Waals surface area contributed by atoms with E-state index >= 15 is 0 Å². The molecule has 3 fully saturated rings. The summed E-state index contributed by atoms with van der Waals surface area (Å²) in [6, 6.07) is 6.00. The number of rotatable bonds is 4. The molecule has 1 aromatic rings. The van der Waals surface area contributed by atoms with Crippen molar-refractivity contribution < 1.29 is 12.8 Å². The number of amidine groups is 1. The molecular weight excluding hydrogens is 429 g/mol. The molecule has 0 bridgehead atoms. The first-order valence-corrected chi connectivity index (χ1v) is 13.1. The van der Waals surface area contributed by atoms with Crippen LogP contribution in [0.25, 0.3) is 0 Å². The summed E-state index contributed by atoms with van der Waals surface area (Å²) >= 11 is 0. The first kappa shape index (κ1) is 23.1. The van der Waals surface area contributed by atoms with Gasteiger partial charge < -0.3 is 4.90 Å². The highest BCUT2D eigenvalue weighted by atomic mass is 32.2. The Bertz CT molecular complexity index is 975. The van der Waals surface area contributed by atoms with Crippen LogP contribution in [0.2, 0.25) is 0 Å². The van der Waals surface area contributed by atoms with E-state index in [1.807, 2.05) is 6.19 Å². The van der Waals surface area contributed by atoms with Crippen molar-refractivity contribution in [3.63, 3.8) is 0 Å². The third-order valence-corrected chi connectivity index (χ3v) is 9.05. The first-order chi connectivity index (χ1) is 15.5. The molecule has 0 amide bonds. The van der Waals surface area contributed by atoms with Gasteiger partial charge in [-0.1, -0.05) is 25.0 Å². The summed E-state index contributed by atoms with van der Waals surface area (Å²) in [5.41, 5.74) is 0. The number of fused-ring (bicyclic) bond motifs is 1. The van der Waals surface area contributed by atoms with E-state index < -0.39 is 15.8 Å². The van der Waals surface area contributed by atoms with Crippen molar-refractivity contribution in [1.29, 1.82) is 5.26 Å². The first-order valence-electron chi connectivity index (χ1n) is 11.7. The molecule has 0 radical (unpaired) electrons. The van der Waals surface area contributed by atoms with Gasteiger partial charge in [0.15, 0.2) is 0 Å². The van der Waals surface area contributed by atoms with Gasteiger partial charge >= 0.3 is 0 Å². The Morgan fingerprint density at radius 2 is 1.81 bits per heavy atom. The predicted molar refractivity (Wildman–Crippen MR) is 121 cm³/mol. The topological polar surface area (TPSA) is 80.0 Å². The van der Waals surface area contributed by atoms with Gasteiger partial charge in [0, 0.05) is 32.2 Å². The van der Waals surface area contributed by atoms with Crippen LogP contribution in [0.3, 0.4) is 0 Å². The predicted octanol–water partition coefficient (Wildman–Crippen LogP) is 3.06. The number of nitrogens with zero attached hydrogens (tertiary/aromatic N) is 5. The highest BCUT2D eigenvalue weighted by molar-refractivity contribution is 7.89. The Balaban J connectivity index is 1.44. The van der Waals surface area contributed by atoms with Gasteiger partial charge in [-0.25, -0.2) is 12.8 Å². The van der Waals surface area contributed by atoms with E-state index in [1.165, 1.54) is 48.2 Å². The maximum absolute atomic E-state index is 14.1. The second-order valence-electron chi connectivity index (χ2n) is 9.04. The zero-order valence-corrected chi connectivity index (χ0v) is 19.3. The Kier molecular flexibility index (Phi) is 7.44. The molecule has 1 saturated carbocycles. The standard InChI is InChI=1S/C23H32FN5O2S/c24-20-9-2-4-11-22(20)32(30,31)28-13-6-12-27(15-16-28)17-23(26-18-25)29-14-5-8-19-7-1-3-10-21(19)29/h2,4,9,11,19,21H,1,3,5-8,10,12-17H2. The number of hydrogen-bond donors (Lipinski definition) is 0. The Hall–Kier alpha value is -2.02. The summed E-state index contributed by atoms with van der Waals surface area (Å²) in [6.45, 7) is 3.37. The molecule has 4 rings (SSSR count). The second-order valence-corrected chi connectivity index (χ2v) is 10.9. The lowest BCUT2D eigenvalue weighted by Crippen LogP contribution is -2.52. The molecule has 32 heavy (non-hydrogen) atoms. The minimum absolute atomic E-state index is 0.267. The smallest absolute Gasteiger partial charge is 0.246 e. The maximum Gasteiger partial charge on any atom is 0.246 e. The second kappa shape index (κ2) is 10.3. The van der Waals surface area contributed by atoms with Gasteiger partial charge in [-0.15, -0.1) is 0 Å². The molecule has 0 spiro atoms. The lowest BCUT2D eigenvalue weighted by molar-refractivity contribution is 0.115. The molecule has 2 heterocycles. The summed E-state index contributed by atoms with van der Waals surface area (Å²) in [6.07, 6.45) is 9.96. The van der Waals surface area contributed by atoms with E-state index in [0.29, 0.717) is 44.6 Å². The number of nitriles is 1. The van der Waals surface area contributed by atoms with E-state index in [0.717, 1.165) is 31.8 Å². The summed E-state index contributed by atoms with van der Waals surface area (Å²) in [5.74, 6) is 0.783. The third kappa shape index (κ3) is 4.98. The fourth-order valence-corrected chi connectivity index (χ4v) is 7.07. The lowest BCUT2D eigenvalue weighted by atomic mass is 9.78. The molecule has 3 aliphatic rings. The third-order valence-electron chi connectivity index (χ3n) is 7.12. The summed E-state index contributed by atoms with van der Waals surface area (Å²) < 4.78 is 41.5. The molecule has 1 aromatic carbocycles. The average molecular weight is 462 g/mol. The van der Waals surface area contributed by atoms with Gasteiger partial charge in [0.25, 0.3) is 0 Å². The van der Waals surface area contributed by atoms with Crippen molar-refractivity contribution in [3.05, 3.63) is 30.1 Å². The van der Waals surface area contributed by atoms with Crippen molar-refractivity contribution in [2.45, 2.75) is 55.9 Å². The highest BCUT2D eigenvalue weighted by Gasteiger charge is 2.36. The normalized spacial score (nSPS) is 26.2. The van der Waals surface area contributed by atoms with Crippen LogP contribution in [-0.2, 0) is 10.0 Å². The molecule has 2 atom stereocenters. The molecular formula is C23H32FN5O2S. The number of piperidine rings is 1. The monoisotopic (exact) mass is 461 g/mol. The number of halogens is 1. The van der Waals surface area contributed by atoms with Crippen LogP contribution in [0.15, 0.2) is 34.2 Å². The van der Waals surface area contributed by atoms with Crippen molar-refractivity contribution in [3.8, 4) is 6.19 Å². The van der Waals surface area contributed by atoms with Gasteiger partial charge in [-0.05, 0) is 56.7 Å². The lowest BCUT2D eigenvalue weighted by Gasteiger charge is -2.46. The molecule has 7 nitrogen and oxygen atoms in total.